The Morgan fingerprint density at radius 2 is 1.37 bits per heavy atom. The van der Waals surface area contributed by atoms with Gasteiger partial charge in [-0.05, 0) is 23.1 Å². The van der Waals surface area contributed by atoms with Crippen molar-refractivity contribution in [2.24, 2.45) is 0 Å². The van der Waals surface area contributed by atoms with Crippen LogP contribution in [0.4, 0.5) is 5.82 Å². The second kappa shape index (κ2) is 7.99. The molecular formula is C26H23N3O. The van der Waals surface area contributed by atoms with Crippen LogP contribution in [0.5, 0.6) is 0 Å². The number of aromatic nitrogens is 1. The molecule has 0 radical (unpaired) electrons. The van der Waals surface area contributed by atoms with E-state index in [-0.39, 0.29) is 5.91 Å². The van der Waals surface area contributed by atoms with Gasteiger partial charge in [0, 0.05) is 43.0 Å². The maximum absolute atomic E-state index is 12.6. The minimum Gasteiger partial charge on any atom is -0.353 e. The van der Waals surface area contributed by atoms with Crippen molar-refractivity contribution in [2.45, 2.75) is 0 Å². The first kappa shape index (κ1) is 18.4. The van der Waals surface area contributed by atoms with Crippen LogP contribution in [0.3, 0.4) is 0 Å². The average molecular weight is 393 g/mol. The molecule has 30 heavy (non-hydrogen) atoms. The highest BCUT2D eigenvalue weighted by molar-refractivity contribution is 6.10. The lowest BCUT2D eigenvalue weighted by molar-refractivity contribution is -0.126. The number of anilines is 1. The predicted molar refractivity (Wildman–Crippen MR) is 124 cm³/mol. The molecule has 1 fully saturated rings. The summed E-state index contributed by atoms with van der Waals surface area (Å²) in [4.78, 5) is 21.8. The number of benzene rings is 3. The zero-order valence-corrected chi connectivity index (χ0v) is 16.7. The molecular weight excluding hydrogens is 370 g/mol. The maximum Gasteiger partial charge on any atom is 0.246 e. The number of rotatable bonds is 3. The van der Waals surface area contributed by atoms with Gasteiger partial charge >= 0.3 is 0 Å². The van der Waals surface area contributed by atoms with Gasteiger partial charge in [0.2, 0.25) is 5.91 Å². The summed E-state index contributed by atoms with van der Waals surface area (Å²) >= 11 is 0. The molecule has 0 spiro atoms. The van der Waals surface area contributed by atoms with Crippen molar-refractivity contribution in [2.75, 3.05) is 31.1 Å². The molecule has 0 aliphatic carbocycles. The third-order valence-electron chi connectivity index (χ3n) is 5.70. The second-order valence-electron chi connectivity index (χ2n) is 7.55. The summed E-state index contributed by atoms with van der Waals surface area (Å²) in [5.41, 5.74) is 2.05. The van der Waals surface area contributed by atoms with Crippen molar-refractivity contribution in [3.8, 4) is 0 Å². The van der Waals surface area contributed by atoms with Crippen molar-refractivity contribution >= 4 is 39.5 Å². The zero-order valence-electron chi connectivity index (χ0n) is 16.7. The average Bonchev–Trinajstić information content (AvgIpc) is 2.83. The molecule has 1 saturated heterocycles. The molecule has 148 valence electrons. The van der Waals surface area contributed by atoms with Crippen molar-refractivity contribution < 1.29 is 4.79 Å². The van der Waals surface area contributed by atoms with Crippen LogP contribution in [0.15, 0.2) is 84.9 Å². The number of fused-ring (bicyclic) bond motifs is 3. The fourth-order valence-corrected chi connectivity index (χ4v) is 4.10. The molecule has 2 heterocycles. The van der Waals surface area contributed by atoms with E-state index in [2.05, 4.69) is 47.4 Å². The second-order valence-corrected chi connectivity index (χ2v) is 7.55. The van der Waals surface area contributed by atoms with E-state index in [1.807, 2.05) is 47.4 Å². The minimum absolute atomic E-state index is 0.0647. The van der Waals surface area contributed by atoms with Gasteiger partial charge < -0.3 is 9.80 Å². The zero-order chi connectivity index (χ0) is 20.3. The van der Waals surface area contributed by atoms with Gasteiger partial charge in [-0.25, -0.2) is 4.98 Å². The summed E-state index contributed by atoms with van der Waals surface area (Å²) in [6, 6.07) is 26.7. The first-order chi connectivity index (χ1) is 14.8. The van der Waals surface area contributed by atoms with Crippen LogP contribution in [0.1, 0.15) is 5.56 Å². The summed E-state index contributed by atoms with van der Waals surface area (Å²) < 4.78 is 0. The summed E-state index contributed by atoms with van der Waals surface area (Å²) in [5.74, 6) is 1.08. The number of pyridine rings is 1. The van der Waals surface area contributed by atoms with E-state index in [1.165, 1.54) is 16.2 Å². The van der Waals surface area contributed by atoms with E-state index >= 15 is 0 Å². The molecule has 0 atom stereocenters. The minimum atomic E-state index is 0.0647. The summed E-state index contributed by atoms with van der Waals surface area (Å²) in [6.07, 6.45) is 3.56. The third-order valence-corrected chi connectivity index (χ3v) is 5.70. The standard InChI is InChI=1S/C26H23N3O/c30-25(15-14-20-8-2-1-3-9-20)28-16-18-29(19-17-28)26-23-12-5-4-10-21(23)22-11-6-7-13-24(22)27-26/h1-15H,16-19H2/b15-14+. The molecule has 0 saturated carbocycles. The van der Waals surface area contributed by atoms with E-state index in [0.29, 0.717) is 13.1 Å². The van der Waals surface area contributed by atoms with Crippen LogP contribution < -0.4 is 4.90 Å². The molecule has 5 rings (SSSR count). The molecule has 4 aromatic rings. The molecule has 0 N–H and O–H groups in total. The van der Waals surface area contributed by atoms with Crippen LogP contribution in [-0.2, 0) is 4.79 Å². The van der Waals surface area contributed by atoms with Crippen molar-refractivity contribution in [1.29, 1.82) is 0 Å². The van der Waals surface area contributed by atoms with Gasteiger partial charge in [0.1, 0.15) is 5.82 Å². The van der Waals surface area contributed by atoms with Gasteiger partial charge in [-0.15, -0.1) is 0 Å². The van der Waals surface area contributed by atoms with Crippen LogP contribution in [-0.4, -0.2) is 42.0 Å². The Balaban J connectivity index is 1.36. The highest BCUT2D eigenvalue weighted by Crippen LogP contribution is 2.31. The SMILES string of the molecule is O=C(/C=C/c1ccccc1)N1CCN(c2nc3ccccc3c3ccccc23)CC1. The Labute approximate surface area is 176 Å². The Bertz CT molecular complexity index is 1220. The van der Waals surface area contributed by atoms with Gasteiger partial charge in [-0.1, -0.05) is 72.8 Å². The molecule has 1 aromatic heterocycles. The molecule has 1 amide bonds. The number of carbonyl (C=O) groups excluding carboxylic acids is 1. The molecule has 4 nitrogen and oxygen atoms in total. The number of amides is 1. The van der Waals surface area contributed by atoms with E-state index in [9.17, 15) is 4.79 Å². The topological polar surface area (TPSA) is 36.4 Å². The fraction of sp³-hybridized carbons (Fsp3) is 0.154. The van der Waals surface area contributed by atoms with E-state index < -0.39 is 0 Å². The molecule has 4 heteroatoms. The number of piperazine rings is 1. The van der Waals surface area contributed by atoms with Gasteiger partial charge in [0.15, 0.2) is 0 Å². The smallest absolute Gasteiger partial charge is 0.246 e. The number of carbonyl (C=O) groups is 1. The molecule has 0 bridgehead atoms. The molecule has 0 unspecified atom stereocenters. The molecule has 1 aliphatic rings. The van der Waals surface area contributed by atoms with Crippen LogP contribution in [0, 0.1) is 0 Å². The number of nitrogens with zero attached hydrogens (tertiary/aromatic N) is 3. The van der Waals surface area contributed by atoms with Crippen LogP contribution in [0.2, 0.25) is 0 Å². The number of hydrogen-bond acceptors (Lipinski definition) is 3. The van der Waals surface area contributed by atoms with Crippen molar-refractivity contribution in [1.82, 2.24) is 9.88 Å². The molecule has 1 aliphatic heterocycles. The largest absolute Gasteiger partial charge is 0.353 e. The number of hydrogen-bond donors (Lipinski definition) is 0. The first-order valence-corrected chi connectivity index (χ1v) is 10.3. The molecule has 3 aromatic carbocycles. The third kappa shape index (κ3) is 3.52. The van der Waals surface area contributed by atoms with Crippen LogP contribution >= 0.6 is 0 Å². The predicted octanol–water partition coefficient (Wildman–Crippen LogP) is 4.75. The lowest BCUT2D eigenvalue weighted by Crippen LogP contribution is -2.48. The van der Waals surface area contributed by atoms with Crippen LogP contribution in [0.25, 0.3) is 27.8 Å². The Morgan fingerprint density at radius 3 is 2.13 bits per heavy atom. The Morgan fingerprint density at radius 1 is 0.733 bits per heavy atom. The Kier molecular flexibility index (Phi) is 4.89. The lowest BCUT2D eigenvalue weighted by Gasteiger charge is -2.35. The van der Waals surface area contributed by atoms with Crippen molar-refractivity contribution in [3.63, 3.8) is 0 Å². The van der Waals surface area contributed by atoms with Gasteiger partial charge in [0.25, 0.3) is 0 Å². The fourth-order valence-electron chi connectivity index (χ4n) is 4.10. The van der Waals surface area contributed by atoms with Crippen molar-refractivity contribution in [3.05, 3.63) is 90.5 Å². The Hall–Kier alpha value is -3.66. The van der Waals surface area contributed by atoms with Gasteiger partial charge in [0.05, 0.1) is 5.52 Å². The monoisotopic (exact) mass is 393 g/mol. The van der Waals surface area contributed by atoms with Gasteiger partial charge in [-0.2, -0.15) is 0 Å². The van der Waals surface area contributed by atoms with E-state index in [4.69, 9.17) is 4.98 Å². The van der Waals surface area contributed by atoms with E-state index in [1.54, 1.807) is 6.08 Å². The highest BCUT2D eigenvalue weighted by Gasteiger charge is 2.22. The maximum atomic E-state index is 12.6. The first-order valence-electron chi connectivity index (χ1n) is 10.3. The summed E-state index contributed by atoms with van der Waals surface area (Å²) in [6.45, 7) is 2.95. The highest BCUT2D eigenvalue weighted by atomic mass is 16.2. The lowest BCUT2D eigenvalue weighted by atomic mass is 10.1. The normalized spacial score (nSPS) is 14.7. The number of para-hydroxylation sites is 1. The quantitative estimate of drug-likeness (QED) is 0.372. The van der Waals surface area contributed by atoms with E-state index in [0.717, 1.165) is 30.0 Å². The summed E-state index contributed by atoms with van der Waals surface area (Å²) in [5, 5.41) is 3.57. The van der Waals surface area contributed by atoms with Gasteiger partial charge in [-0.3, -0.25) is 4.79 Å². The summed E-state index contributed by atoms with van der Waals surface area (Å²) in [7, 11) is 0.